The highest BCUT2D eigenvalue weighted by Gasteiger charge is 2.24. The van der Waals surface area contributed by atoms with Gasteiger partial charge in [-0.3, -0.25) is 4.79 Å². The number of benzene rings is 1. The number of carbonyl (C=O) groups is 1. The fourth-order valence-corrected chi connectivity index (χ4v) is 4.39. The van der Waals surface area contributed by atoms with Crippen molar-refractivity contribution in [2.45, 2.75) is 45.1 Å². The van der Waals surface area contributed by atoms with Crippen molar-refractivity contribution in [1.29, 1.82) is 0 Å². The van der Waals surface area contributed by atoms with Crippen molar-refractivity contribution < 1.29 is 4.79 Å². The molecule has 2 heterocycles. The largest absolute Gasteiger partial charge is 0.351 e. The van der Waals surface area contributed by atoms with Crippen LogP contribution < -0.4 is 5.32 Å². The third-order valence-electron chi connectivity index (χ3n) is 5.02. The van der Waals surface area contributed by atoms with Gasteiger partial charge in [-0.1, -0.05) is 37.5 Å². The minimum atomic E-state index is -0.0762. The average Bonchev–Trinajstić information content (AvgIpc) is 3.25. The highest BCUT2D eigenvalue weighted by atomic mass is 32.2. The predicted octanol–water partition coefficient (Wildman–Crippen LogP) is 5.19. The summed E-state index contributed by atoms with van der Waals surface area (Å²) in [5, 5.41) is 3.51. The summed E-state index contributed by atoms with van der Waals surface area (Å²) in [6.07, 6.45) is 12.8. The summed E-state index contributed by atoms with van der Waals surface area (Å²) in [6, 6.07) is 10.6. The molecule has 2 aromatic rings. The van der Waals surface area contributed by atoms with E-state index in [0.29, 0.717) is 16.1 Å². The van der Waals surface area contributed by atoms with Crippen molar-refractivity contribution in [3.63, 3.8) is 0 Å². The van der Waals surface area contributed by atoms with Crippen molar-refractivity contribution in [1.82, 2.24) is 9.88 Å². The predicted molar refractivity (Wildman–Crippen MR) is 109 cm³/mol. The van der Waals surface area contributed by atoms with Crippen LogP contribution in [0.2, 0.25) is 0 Å². The zero-order valence-electron chi connectivity index (χ0n) is 14.9. The van der Waals surface area contributed by atoms with Gasteiger partial charge in [-0.25, -0.2) is 4.99 Å². The number of nitrogens with one attached hydrogen (secondary N) is 1. The van der Waals surface area contributed by atoms with E-state index in [1.165, 1.54) is 43.9 Å². The highest BCUT2D eigenvalue weighted by Crippen LogP contribution is 2.31. The van der Waals surface area contributed by atoms with Crippen LogP contribution in [0.4, 0.5) is 5.69 Å². The van der Waals surface area contributed by atoms with Gasteiger partial charge in [0.1, 0.15) is 0 Å². The second-order valence-electron chi connectivity index (χ2n) is 6.95. The van der Waals surface area contributed by atoms with Gasteiger partial charge in [0.15, 0.2) is 5.17 Å². The number of carbonyl (C=O) groups excluding carboxylic acids is 1. The summed E-state index contributed by atoms with van der Waals surface area (Å²) in [5.74, 6) is -0.0762. The van der Waals surface area contributed by atoms with Crippen LogP contribution in [0.15, 0.2) is 52.6 Å². The topological polar surface area (TPSA) is 46.4 Å². The molecule has 0 atom stereocenters. The van der Waals surface area contributed by atoms with Crippen molar-refractivity contribution >= 4 is 34.6 Å². The zero-order valence-corrected chi connectivity index (χ0v) is 15.8. The van der Waals surface area contributed by atoms with Gasteiger partial charge >= 0.3 is 0 Å². The third-order valence-corrected chi connectivity index (χ3v) is 5.93. The van der Waals surface area contributed by atoms with Crippen LogP contribution in [0.1, 0.15) is 49.3 Å². The van der Waals surface area contributed by atoms with E-state index >= 15 is 0 Å². The van der Waals surface area contributed by atoms with Crippen LogP contribution in [0, 0.1) is 6.92 Å². The van der Waals surface area contributed by atoms with Crippen molar-refractivity contribution in [2.75, 3.05) is 0 Å². The van der Waals surface area contributed by atoms with Crippen molar-refractivity contribution in [3.8, 4) is 0 Å². The van der Waals surface area contributed by atoms with E-state index in [-0.39, 0.29) is 5.91 Å². The number of hydrogen-bond donors (Lipinski definition) is 1. The van der Waals surface area contributed by atoms with Crippen LogP contribution in [-0.2, 0) is 4.79 Å². The van der Waals surface area contributed by atoms with Gasteiger partial charge in [-0.15, -0.1) is 0 Å². The molecule has 1 aliphatic heterocycles. The number of rotatable bonds is 3. The fourth-order valence-electron chi connectivity index (χ4n) is 3.55. The van der Waals surface area contributed by atoms with E-state index in [1.54, 1.807) is 0 Å². The van der Waals surface area contributed by atoms with Gasteiger partial charge in [0, 0.05) is 18.4 Å². The molecule has 1 N–H and O–H groups in total. The summed E-state index contributed by atoms with van der Waals surface area (Å²) in [5.41, 5.74) is 3.06. The normalized spacial score (nSPS) is 21.5. The Labute approximate surface area is 158 Å². The van der Waals surface area contributed by atoms with Crippen LogP contribution in [-0.4, -0.2) is 15.6 Å². The van der Waals surface area contributed by atoms with Gasteiger partial charge in [0.25, 0.3) is 5.91 Å². The molecule has 134 valence electrons. The van der Waals surface area contributed by atoms with E-state index in [1.807, 2.05) is 37.3 Å². The number of amides is 1. The molecular formula is C21H23N3OS. The first-order valence-corrected chi connectivity index (χ1v) is 10.0. The van der Waals surface area contributed by atoms with Gasteiger partial charge in [-0.2, -0.15) is 0 Å². The standard InChI is InChI=1S/C21H23N3OS/c1-15-7-5-6-10-18(15)22-21-23-20(25)19(26-21)13-16-11-12-24(14-16)17-8-3-2-4-9-17/h5-7,10-14,17H,2-4,8-9H2,1H3,(H,22,23,25)/b19-13+. The molecule has 2 aliphatic rings. The first kappa shape index (κ1) is 17.2. The zero-order chi connectivity index (χ0) is 17.9. The van der Waals surface area contributed by atoms with E-state index in [0.717, 1.165) is 16.8 Å². The van der Waals surface area contributed by atoms with Gasteiger partial charge in [0.05, 0.1) is 10.6 Å². The average molecular weight is 366 g/mol. The summed E-state index contributed by atoms with van der Waals surface area (Å²) < 4.78 is 2.31. The molecule has 0 unspecified atom stereocenters. The summed E-state index contributed by atoms with van der Waals surface area (Å²) >= 11 is 1.40. The number of thioether (sulfide) groups is 1. The number of hydrogen-bond acceptors (Lipinski definition) is 3. The molecular weight excluding hydrogens is 342 g/mol. The second kappa shape index (κ2) is 7.54. The highest BCUT2D eigenvalue weighted by molar-refractivity contribution is 8.18. The summed E-state index contributed by atoms with van der Waals surface area (Å²) in [7, 11) is 0. The molecule has 1 amide bonds. The molecule has 0 bridgehead atoms. The van der Waals surface area contributed by atoms with Crippen molar-refractivity contribution in [3.05, 3.63) is 58.8 Å². The Hall–Kier alpha value is -2.27. The van der Waals surface area contributed by atoms with Crippen LogP contribution in [0.3, 0.4) is 0 Å². The molecule has 4 nitrogen and oxygen atoms in total. The number of nitrogens with zero attached hydrogens (tertiary/aromatic N) is 2. The Morgan fingerprint density at radius 1 is 1.19 bits per heavy atom. The fraction of sp³-hybridized carbons (Fsp3) is 0.333. The van der Waals surface area contributed by atoms with E-state index < -0.39 is 0 Å². The molecule has 26 heavy (non-hydrogen) atoms. The van der Waals surface area contributed by atoms with Crippen molar-refractivity contribution in [2.24, 2.45) is 4.99 Å². The van der Waals surface area contributed by atoms with Gasteiger partial charge in [0.2, 0.25) is 0 Å². The molecule has 2 fully saturated rings. The molecule has 0 radical (unpaired) electrons. The lowest BCUT2D eigenvalue weighted by atomic mass is 9.95. The minimum absolute atomic E-state index is 0.0762. The number of aryl methyl sites for hydroxylation is 1. The first-order chi connectivity index (χ1) is 12.7. The van der Waals surface area contributed by atoms with E-state index in [2.05, 4.69) is 33.3 Å². The number of amidine groups is 1. The molecule has 1 saturated carbocycles. The van der Waals surface area contributed by atoms with Gasteiger partial charge in [-0.05, 0) is 60.9 Å². The minimum Gasteiger partial charge on any atom is -0.351 e. The lowest BCUT2D eigenvalue weighted by Crippen LogP contribution is -2.19. The Kier molecular flexibility index (Phi) is 4.98. The monoisotopic (exact) mass is 365 g/mol. The lowest BCUT2D eigenvalue weighted by Gasteiger charge is -2.23. The van der Waals surface area contributed by atoms with E-state index in [4.69, 9.17) is 0 Å². The lowest BCUT2D eigenvalue weighted by molar-refractivity contribution is -0.115. The van der Waals surface area contributed by atoms with Crippen LogP contribution in [0.25, 0.3) is 6.08 Å². The molecule has 1 aromatic carbocycles. The Morgan fingerprint density at radius 2 is 2.00 bits per heavy atom. The number of aliphatic imine (C=N–C) groups is 1. The van der Waals surface area contributed by atoms with E-state index in [9.17, 15) is 4.79 Å². The van der Waals surface area contributed by atoms with Crippen LogP contribution in [0.5, 0.6) is 0 Å². The maximum Gasteiger partial charge on any atom is 0.264 e. The first-order valence-electron chi connectivity index (χ1n) is 9.22. The molecule has 1 aliphatic carbocycles. The summed E-state index contributed by atoms with van der Waals surface area (Å²) in [4.78, 5) is 17.6. The summed E-state index contributed by atoms with van der Waals surface area (Å²) in [6.45, 7) is 2.02. The maximum atomic E-state index is 12.3. The molecule has 5 heteroatoms. The number of para-hydroxylation sites is 1. The smallest absolute Gasteiger partial charge is 0.264 e. The Bertz CT molecular complexity index is 875. The molecule has 4 rings (SSSR count). The molecule has 1 saturated heterocycles. The SMILES string of the molecule is Cc1ccccc1N=C1NC(=O)/C(=C\c2ccn(C3CCCCC3)c2)S1. The maximum absolute atomic E-state index is 12.3. The van der Waals surface area contributed by atoms with Crippen LogP contribution >= 0.6 is 11.8 Å². The quantitative estimate of drug-likeness (QED) is 0.761. The number of aromatic nitrogens is 1. The Morgan fingerprint density at radius 3 is 2.81 bits per heavy atom. The Balaban J connectivity index is 1.50. The van der Waals surface area contributed by atoms with Gasteiger partial charge < -0.3 is 9.88 Å². The third kappa shape index (κ3) is 3.78. The second-order valence-corrected chi connectivity index (χ2v) is 7.98. The molecule has 0 spiro atoms. The molecule has 1 aromatic heterocycles.